The monoisotopic (exact) mass is 629 g/mol. The van der Waals surface area contributed by atoms with Crippen molar-refractivity contribution in [2.75, 3.05) is 4.90 Å². The summed E-state index contributed by atoms with van der Waals surface area (Å²) in [5.41, 5.74) is 10.5. The molecule has 1 aliphatic rings. The summed E-state index contributed by atoms with van der Waals surface area (Å²) in [4.78, 5) is 42.3. The van der Waals surface area contributed by atoms with Crippen molar-refractivity contribution < 1.29 is 14.4 Å². The van der Waals surface area contributed by atoms with Gasteiger partial charge >= 0.3 is 0 Å². The number of amides is 2. The Morgan fingerprint density at radius 3 is 2.06 bits per heavy atom. The summed E-state index contributed by atoms with van der Waals surface area (Å²) in [5.74, 6) is -0.327. The van der Waals surface area contributed by atoms with Crippen LogP contribution in [0.3, 0.4) is 0 Å². The molecule has 0 radical (unpaired) electrons. The van der Waals surface area contributed by atoms with Gasteiger partial charge in [0.2, 0.25) is 0 Å². The molecule has 1 N–H and O–H groups in total. The first-order valence-corrected chi connectivity index (χ1v) is 16.1. The lowest BCUT2D eigenvalue weighted by Gasteiger charge is -2.23. The molecule has 0 bridgehead atoms. The summed E-state index contributed by atoms with van der Waals surface area (Å²) in [6, 6.07) is 42.3. The number of rotatable bonds is 7. The van der Waals surface area contributed by atoms with Gasteiger partial charge in [0.05, 0.1) is 13.1 Å². The van der Waals surface area contributed by atoms with E-state index in [0.29, 0.717) is 42.0 Å². The number of nitrogens with zero attached hydrogens (tertiary/aromatic N) is 2. The van der Waals surface area contributed by atoms with Crippen LogP contribution in [0.4, 0.5) is 5.69 Å². The minimum Gasteiger partial charge on any atom is -0.347 e. The highest BCUT2D eigenvalue weighted by atomic mass is 16.2. The second-order valence-corrected chi connectivity index (χ2v) is 12.2. The van der Waals surface area contributed by atoms with Crippen LogP contribution in [0.25, 0.3) is 11.1 Å². The maximum Gasteiger partial charge on any atom is 0.268 e. The van der Waals surface area contributed by atoms with Crippen LogP contribution in [0, 0.1) is 13.8 Å². The van der Waals surface area contributed by atoms with Crippen LogP contribution in [0.2, 0.25) is 0 Å². The van der Waals surface area contributed by atoms with Gasteiger partial charge in [0.15, 0.2) is 5.78 Å². The van der Waals surface area contributed by atoms with Crippen molar-refractivity contribution in [3.63, 3.8) is 0 Å². The molecule has 0 fully saturated rings. The number of fused-ring (bicyclic) bond motifs is 2. The number of anilines is 1. The SMILES string of the molecule is Cc1ccccc1-c1ccc(C(=O)N2Cc3ccc(C(=O)NCc4ccc(C(=O)c5ccccc5)cc4)n3Cc3ccccc32)cc1C. The van der Waals surface area contributed by atoms with Gasteiger partial charge in [0.25, 0.3) is 11.8 Å². The smallest absolute Gasteiger partial charge is 0.268 e. The van der Waals surface area contributed by atoms with Crippen LogP contribution < -0.4 is 10.2 Å². The summed E-state index contributed by atoms with van der Waals surface area (Å²) in [5, 5.41) is 3.04. The topological polar surface area (TPSA) is 71.4 Å². The minimum absolute atomic E-state index is 0.0377. The molecule has 0 saturated heterocycles. The van der Waals surface area contributed by atoms with Gasteiger partial charge in [-0.25, -0.2) is 0 Å². The highest BCUT2D eigenvalue weighted by molar-refractivity contribution is 6.09. The molecule has 48 heavy (non-hydrogen) atoms. The quantitative estimate of drug-likeness (QED) is 0.181. The van der Waals surface area contributed by atoms with Gasteiger partial charge in [0, 0.05) is 34.6 Å². The van der Waals surface area contributed by atoms with Gasteiger partial charge in [-0.2, -0.15) is 0 Å². The summed E-state index contributed by atoms with van der Waals surface area (Å²) < 4.78 is 2.00. The second kappa shape index (κ2) is 13.0. The zero-order chi connectivity index (χ0) is 33.2. The van der Waals surface area contributed by atoms with Crippen molar-refractivity contribution >= 4 is 23.3 Å². The van der Waals surface area contributed by atoms with Crippen LogP contribution in [0.5, 0.6) is 0 Å². The minimum atomic E-state index is -0.203. The van der Waals surface area contributed by atoms with E-state index in [1.165, 1.54) is 5.56 Å². The Labute approximate surface area is 280 Å². The average Bonchev–Trinajstić information content (AvgIpc) is 3.44. The molecule has 1 aromatic heterocycles. The number of nitrogens with one attached hydrogen (secondary N) is 1. The Bertz CT molecular complexity index is 2160. The Morgan fingerprint density at radius 1 is 0.625 bits per heavy atom. The van der Waals surface area contributed by atoms with E-state index < -0.39 is 0 Å². The van der Waals surface area contributed by atoms with Gasteiger partial charge in [-0.1, -0.05) is 103 Å². The Kier molecular flexibility index (Phi) is 8.30. The zero-order valence-corrected chi connectivity index (χ0v) is 26.9. The van der Waals surface area contributed by atoms with Gasteiger partial charge < -0.3 is 14.8 Å². The predicted octanol–water partition coefficient (Wildman–Crippen LogP) is 8.14. The number of aromatic nitrogens is 1. The molecule has 6 nitrogen and oxygen atoms in total. The van der Waals surface area contributed by atoms with E-state index in [1.807, 2.05) is 113 Å². The summed E-state index contributed by atoms with van der Waals surface area (Å²) in [7, 11) is 0. The van der Waals surface area contributed by atoms with Crippen molar-refractivity contribution in [3.8, 4) is 11.1 Å². The number of hydrogen-bond donors (Lipinski definition) is 1. The van der Waals surface area contributed by atoms with Crippen molar-refractivity contribution in [2.45, 2.75) is 33.5 Å². The highest BCUT2D eigenvalue weighted by Crippen LogP contribution is 2.32. The summed E-state index contributed by atoms with van der Waals surface area (Å²) >= 11 is 0. The van der Waals surface area contributed by atoms with E-state index in [-0.39, 0.29) is 17.6 Å². The first kappa shape index (κ1) is 30.6. The Morgan fingerprint density at radius 2 is 1.29 bits per heavy atom. The molecule has 6 aromatic rings. The molecule has 0 spiro atoms. The lowest BCUT2D eigenvalue weighted by molar-refractivity contribution is 0.0940. The molecule has 236 valence electrons. The van der Waals surface area contributed by atoms with E-state index in [0.717, 1.165) is 39.2 Å². The number of aryl methyl sites for hydroxylation is 2. The highest BCUT2D eigenvalue weighted by Gasteiger charge is 2.27. The molecular weight excluding hydrogens is 594 g/mol. The number of carbonyl (C=O) groups is 3. The Balaban J connectivity index is 1.10. The van der Waals surface area contributed by atoms with Crippen molar-refractivity contribution in [1.82, 2.24) is 9.88 Å². The molecular formula is C42H35N3O3. The molecule has 0 unspecified atom stereocenters. The standard InChI is InChI=1S/C42H35N3O3/c1-28-10-6-8-14-36(28)37-22-20-33(24-29(37)2)42(48)45-27-35-21-23-39(44(35)26-34-13-7-9-15-38(34)45)41(47)43-25-30-16-18-32(19-17-30)40(46)31-11-4-3-5-12-31/h3-24H,25-27H2,1-2H3,(H,43,47). The average molecular weight is 630 g/mol. The molecule has 0 atom stereocenters. The van der Waals surface area contributed by atoms with Crippen LogP contribution in [0.15, 0.2) is 133 Å². The van der Waals surface area contributed by atoms with E-state index in [4.69, 9.17) is 0 Å². The second-order valence-electron chi connectivity index (χ2n) is 12.2. The molecule has 5 aromatic carbocycles. The number of hydrogen-bond acceptors (Lipinski definition) is 3. The largest absolute Gasteiger partial charge is 0.347 e. The van der Waals surface area contributed by atoms with Crippen molar-refractivity contribution in [2.24, 2.45) is 0 Å². The fourth-order valence-corrected chi connectivity index (χ4v) is 6.47. The van der Waals surface area contributed by atoms with E-state index in [9.17, 15) is 14.4 Å². The first-order chi connectivity index (χ1) is 23.4. The maximum absolute atomic E-state index is 14.2. The maximum atomic E-state index is 14.2. The number of para-hydroxylation sites is 1. The van der Waals surface area contributed by atoms with Crippen molar-refractivity contribution in [3.05, 3.63) is 184 Å². The number of ketones is 1. The fraction of sp³-hybridized carbons (Fsp3) is 0.119. The predicted molar refractivity (Wildman–Crippen MR) is 189 cm³/mol. The summed E-state index contributed by atoms with van der Waals surface area (Å²) in [6.45, 7) is 5.26. The molecule has 2 heterocycles. The number of carbonyl (C=O) groups excluding carboxylic acids is 3. The van der Waals surface area contributed by atoms with E-state index in [2.05, 4.69) is 24.4 Å². The van der Waals surface area contributed by atoms with Gasteiger partial charge in [-0.3, -0.25) is 14.4 Å². The molecule has 1 aliphatic heterocycles. The number of benzene rings is 5. The van der Waals surface area contributed by atoms with Crippen LogP contribution in [0.1, 0.15) is 64.7 Å². The van der Waals surface area contributed by atoms with Crippen molar-refractivity contribution in [1.29, 1.82) is 0 Å². The Hall–Kier alpha value is -6.01. The third-order valence-electron chi connectivity index (χ3n) is 9.09. The van der Waals surface area contributed by atoms with Gasteiger partial charge in [-0.05, 0) is 77.6 Å². The third-order valence-corrected chi connectivity index (χ3v) is 9.09. The van der Waals surface area contributed by atoms with Crippen LogP contribution in [-0.2, 0) is 19.6 Å². The fourth-order valence-electron chi connectivity index (χ4n) is 6.47. The molecule has 6 heteroatoms. The molecule has 0 aliphatic carbocycles. The lowest BCUT2D eigenvalue weighted by atomic mass is 9.95. The summed E-state index contributed by atoms with van der Waals surface area (Å²) in [6.07, 6.45) is 0. The lowest BCUT2D eigenvalue weighted by Crippen LogP contribution is -2.30. The van der Waals surface area contributed by atoms with E-state index in [1.54, 1.807) is 24.3 Å². The van der Waals surface area contributed by atoms with Crippen LogP contribution in [-0.4, -0.2) is 22.2 Å². The zero-order valence-electron chi connectivity index (χ0n) is 26.9. The van der Waals surface area contributed by atoms with Gasteiger partial charge in [0.1, 0.15) is 5.69 Å². The first-order valence-electron chi connectivity index (χ1n) is 16.1. The third kappa shape index (κ3) is 5.96. The molecule has 7 rings (SSSR count). The molecule has 2 amide bonds. The van der Waals surface area contributed by atoms with Gasteiger partial charge in [-0.15, -0.1) is 0 Å². The molecule has 0 saturated carbocycles. The van der Waals surface area contributed by atoms with Crippen LogP contribution >= 0.6 is 0 Å². The van der Waals surface area contributed by atoms with E-state index >= 15 is 0 Å². The normalized spacial score (nSPS) is 12.1.